The molecule has 0 aromatic carbocycles. The maximum Gasteiger partial charge on any atom is 2.00 e. The van der Waals surface area contributed by atoms with E-state index in [1.807, 2.05) is 21.1 Å². The molecule has 1 aliphatic carbocycles. The van der Waals surface area contributed by atoms with Crippen molar-refractivity contribution in [3.05, 3.63) is 26.6 Å². The minimum atomic E-state index is 0. The Labute approximate surface area is 149 Å². The molecular formula is C15H32N2VW. The van der Waals surface area contributed by atoms with Crippen molar-refractivity contribution in [3.8, 4) is 0 Å². The van der Waals surface area contributed by atoms with Crippen molar-refractivity contribution in [2.75, 3.05) is 21.1 Å². The van der Waals surface area contributed by atoms with Crippen LogP contribution in [0.3, 0.4) is 0 Å². The first-order valence-corrected chi connectivity index (χ1v) is 6.22. The van der Waals surface area contributed by atoms with E-state index in [2.05, 4.69) is 37.9 Å². The molecule has 0 aromatic rings. The summed E-state index contributed by atoms with van der Waals surface area (Å²) in [5.41, 5.74) is 0.0833. The first kappa shape index (κ1) is 28.4. The van der Waals surface area contributed by atoms with Crippen LogP contribution in [0.25, 0.3) is 5.32 Å². The summed E-state index contributed by atoms with van der Waals surface area (Å²) < 4.78 is 0. The van der Waals surface area contributed by atoms with Gasteiger partial charge in [0.15, 0.2) is 0 Å². The molecule has 19 heavy (non-hydrogen) atoms. The van der Waals surface area contributed by atoms with Gasteiger partial charge in [-0.05, 0) is 14.1 Å². The molecule has 0 bridgehead atoms. The minimum absolute atomic E-state index is 0. The first-order chi connectivity index (χ1) is 7.27. The first-order valence-electron chi connectivity index (χ1n) is 6.22. The summed E-state index contributed by atoms with van der Waals surface area (Å²) in [4.78, 5) is 2.08. The van der Waals surface area contributed by atoms with Gasteiger partial charge in [0.05, 0.1) is 0 Å². The molecule has 4 heteroatoms. The molecule has 0 spiro atoms. The second kappa shape index (κ2) is 14.1. The normalized spacial score (nSPS) is 22.1. The van der Waals surface area contributed by atoms with Gasteiger partial charge in [0.2, 0.25) is 0 Å². The molecule has 0 atom stereocenters. The Morgan fingerprint density at radius 1 is 1.11 bits per heavy atom. The van der Waals surface area contributed by atoms with Crippen LogP contribution in [0.5, 0.6) is 0 Å². The monoisotopic (exact) mass is 475 g/mol. The summed E-state index contributed by atoms with van der Waals surface area (Å²) >= 11 is 0. The Morgan fingerprint density at radius 3 is 1.63 bits per heavy atom. The van der Waals surface area contributed by atoms with Crippen LogP contribution in [-0.4, -0.2) is 37.6 Å². The molecule has 0 saturated heterocycles. The van der Waals surface area contributed by atoms with E-state index in [-0.39, 0.29) is 52.6 Å². The summed E-state index contributed by atoms with van der Waals surface area (Å²) in [5, 5.41) is 4.25. The fourth-order valence-corrected chi connectivity index (χ4v) is 1.40. The van der Waals surface area contributed by atoms with Crippen LogP contribution in [0.2, 0.25) is 0 Å². The van der Waals surface area contributed by atoms with Gasteiger partial charge in [-0.15, -0.1) is 11.6 Å². The van der Waals surface area contributed by atoms with Gasteiger partial charge in [-0.25, -0.2) is 0 Å². The number of hydrogen-bond acceptors (Lipinski definition) is 1. The number of hydrogen-bond donors (Lipinski definition) is 0. The zero-order valence-corrected chi connectivity index (χ0v) is 18.0. The summed E-state index contributed by atoms with van der Waals surface area (Å²) in [6.07, 6.45) is 5.10. The van der Waals surface area contributed by atoms with Crippen molar-refractivity contribution in [2.24, 2.45) is 5.92 Å². The Kier molecular flexibility index (Phi) is 21.1. The third-order valence-corrected chi connectivity index (χ3v) is 3.39. The molecule has 0 aromatic heterocycles. The molecule has 113 valence electrons. The predicted molar refractivity (Wildman–Crippen MR) is 79.9 cm³/mol. The van der Waals surface area contributed by atoms with Crippen LogP contribution in [0.15, 0.2) is 0 Å². The molecule has 1 rings (SSSR count). The summed E-state index contributed by atoms with van der Waals surface area (Å²) in [7, 11) is 5.97. The molecule has 1 aliphatic rings. The van der Waals surface area contributed by atoms with Gasteiger partial charge < -0.3 is 31.5 Å². The van der Waals surface area contributed by atoms with E-state index >= 15 is 0 Å². The molecule has 0 N–H and O–H groups in total. The largest absolute Gasteiger partial charge is 2.00 e. The molecule has 1 radical (unpaired) electrons. The summed E-state index contributed by atoms with van der Waals surface area (Å²) in [5.74, 6) is 0.711. The van der Waals surface area contributed by atoms with Crippen LogP contribution >= 0.6 is 0 Å². The topological polar surface area (TPSA) is 17.3 Å². The third kappa shape index (κ3) is 15.4. The minimum Gasteiger partial charge on any atom is -0.662 e. The molecule has 0 amide bonds. The Bertz CT molecular complexity index is 173. The molecule has 2 nitrogen and oxygen atoms in total. The van der Waals surface area contributed by atoms with E-state index in [9.17, 15) is 0 Å². The molecule has 1 saturated carbocycles. The van der Waals surface area contributed by atoms with Crippen LogP contribution < -0.4 is 0 Å². The van der Waals surface area contributed by atoms with Crippen molar-refractivity contribution in [1.29, 1.82) is 0 Å². The van der Waals surface area contributed by atoms with Gasteiger partial charge in [0.1, 0.15) is 0 Å². The van der Waals surface area contributed by atoms with E-state index in [4.69, 9.17) is 0 Å². The zero-order chi connectivity index (χ0) is 12.8. The van der Waals surface area contributed by atoms with E-state index in [0.29, 0.717) is 12.0 Å². The van der Waals surface area contributed by atoms with Gasteiger partial charge in [-0.3, -0.25) is 0 Å². The zero-order valence-electron chi connectivity index (χ0n) is 13.6. The van der Waals surface area contributed by atoms with Gasteiger partial charge in [0.25, 0.3) is 0 Å². The second-order valence-electron chi connectivity index (χ2n) is 5.64. The molecule has 0 unspecified atom stereocenters. The van der Waals surface area contributed by atoms with Gasteiger partial charge in [-0.2, -0.15) is 13.0 Å². The fraction of sp³-hybridized carbons (Fsp3) is 0.800. The summed E-state index contributed by atoms with van der Waals surface area (Å²) in [6, 6.07) is 0.656. The van der Waals surface area contributed by atoms with E-state index < -0.39 is 0 Å². The van der Waals surface area contributed by atoms with Gasteiger partial charge in [0, 0.05) is 0 Å². The third-order valence-electron chi connectivity index (χ3n) is 3.39. The average molecular weight is 475 g/mol. The van der Waals surface area contributed by atoms with Crippen molar-refractivity contribution in [3.63, 3.8) is 0 Å². The maximum atomic E-state index is 4.25. The van der Waals surface area contributed by atoms with Crippen molar-refractivity contribution in [1.82, 2.24) is 4.90 Å². The summed E-state index contributed by atoms with van der Waals surface area (Å²) in [6.45, 7) is 12.1. The van der Waals surface area contributed by atoms with Crippen molar-refractivity contribution in [2.45, 2.75) is 51.1 Å². The molecule has 1 fully saturated rings. The fourth-order valence-electron chi connectivity index (χ4n) is 1.40. The van der Waals surface area contributed by atoms with Crippen LogP contribution in [0, 0.1) is 27.2 Å². The van der Waals surface area contributed by atoms with Crippen LogP contribution in [0.1, 0.15) is 39.5 Å². The molecule has 0 heterocycles. The predicted octanol–water partition coefficient (Wildman–Crippen LogP) is 3.99. The molecular weight excluding hydrogens is 443 g/mol. The SMILES string of the molecule is [CH2-]C(C)(C)N(C)C.[CH2-]C1CCC([N-]C)CC1.[CH3-].[V+2].[W+2]. The smallest absolute Gasteiger partial charge is 0.662 e. The van der Waals surface area contributed by atoms with E-state index in [0.717, 1.165) is 0 Å². The number of rotatable bonds is 2. The quantitative estimate of drug-likeness (QED) is 0.553. The van der Waals surface area contributed by atoms with Gasteiger partial charge in [-0.1, -0.05) is 39.5 Å². The average Bonchev–Trinajstić information content (AvgIpc) is 2.18. The Hall–Kier alpha value is 1.19. The van der Waals surface area contributed by atoms with Crippen molar-refractivity contribution < 1.29 is 39.6 Å². The number of nitrogens with zero attached hydrogens (tertiary/aromatic N) is 2. The second-order valence-corrected chi connectivity index (χ2v) is 5.64. The maximum absolute atomic E-state index is 4.25. The van der Waals surface area contributed by atoms with E-state index in [1.165, 1.54) is 25.7 Å². The van der Waals surface area contributed by atoms with Crippen LogP contribution in [0.4, 0.5) is 0 Å². The van der Waals surface area contributed by atoms with Gasteiger partial charge >= 0.3 is 39.6 Å². The Balaban J connectivity index is -0.000000105. The van der Waals surface area contributed by atoms with Crippen LogP contribution in [-0.2, 0) is 39.6 Å². The van der Waals surface area contributed by atoms with Crippen molar-refractivity contribution >= 4 is 0 Å². The Morgan fingerprint density at radius 2 is 1.42 bits per heavy atom. The molecule has 0 aliphatic heterocycles. The standard InChI is InChI=1S/C8H15N.C6H14N.CH3.V.W/c1-7-3-5-8(9-2)6-4-7;1-6(2,3)7(4)5;;;/h7-8H,1,3-6H2,2H3;1H2,2-5H3;1H3;;/q-2;2*-1;2*+2. The van der Waals surface area contributed by atoms with E-state index in [1.54, 1.807) is 0 Å².